The molecule has 0 fully saturated rings. The highest BCUT2D eigenvalue weighted by Gasteiger charge is 2.14. The second-order valence-electron chi connectivity index (χ2n) is 5.32. The van der Waals surface area contributed by atoms with Crippen molar-refractivity contribution >= 4 is 12.0 Å². The summed E-state index contributed by atoms with van der Waals surface area (Å²) < 4.78 is 5.54. The van der Waals surface area contributed by atoms with Crippen LogP contribution in [-0.4, -0.2) is 5.97 Å². The lowest BCUT2D eigenvalue weighted by Crippen LogP contribution is -2.10. The molecule has 0 aromatic heterocycles. The Hall–Kier alpha value is -2.65. The van der Waals surface area contributed by atoms with E-state index in [1.165, 1.54) is 0 Å². The van der Waals surface area contributed by atoms with Gasteiger partial charge in [0.2, 0.25) is 0 Å². The summed E-state index contributed by atoms with van der Waals surface area (Å²) >= 11 is 0. The van der Waals surface area contributed by atoms with Crippen molar-refractivity contribution in [1.82, 2.24) is 0 Å². The van der Waals surface area contributed by atoms with Crippen LogP contribution >= 0.6 is 0 Å². The van der Waals surface area contributed by atoms with Gasteiger partial charge in [0.05, 0.1) is 0 Å². The van der Waals surface area contributed by atoms with Crippen LogP contribution in [0, 0.1) is 0 Å². The lowest BCUT2D eigenvalue weighted by atomic mass is 10.1. The summed E-state index contributed by atoms with van der Waals surface area (Å²) in [6.45, 7) is 5.75. The van der Waals surface area contributed by atoms with Crippen molar-refractivity contribution in [3.05, 3.63) is 89.5 Å². The van der Waals surface area contributed by atoms with Crippen molar-refractivity contribution in [2.75, 3.05) is 0 Å². The second kappa shape index (κ2) is 8.11. The van der Waals surface area contributed by atoms with Gasteiger partial charge in [-0.25, -0.2) is 4.79 Å². The summed E-state index contributed by atoms with van der Waals surface area (Å²) in [5, 5.41) is 0. The largest absolute Gasteiger partial charge is 0.450 e. The summed E-state index contributed by atoms with van der Waals surface area (Å²) in [6, 6.07) is 17.6. The fraction of sp³-hybridized carbons (Fsp3) is 0.150. The summed E-state index contributed by atoms with van der Waals surface area (Å²) in [5.74, 6) is -0.407. The lowest BCUT2D eigenvalue weighted by Gasteiger charge is -2.15. The Morgan fingerprint density at radius 1 is 1.17 bits per heavy atom. The van der Waals surface area contributed by atoms with Gasteiger partial charge in [-0.05, 0) is 29.7 Å². The zero-order valence-electron chi connectivity index (χ0n) is 13.2. The fourth-order valence-corrected chi connectivity index (χ4v) is 2.04. The van der Waals surface area contributed by atoms with Crippen LogP contribution in [0.1, 0.15) is 29.7 Å². The third-order valence-corrected chi connectivity index (χ3v) is 3.39. The summed E-state index contributed by atoms with van der Waals surface area (Å²) in [7, 11) is 0. The van der Waals surface area contributed by atoms with Crippen LogP contribution < -0.4 is 5.73 Å². The first-order chi connectivity index (χ1) is 11.1. The Kier molecular flexibility index (Phi) is 5.89. The molecule has 2 N–H and O–H groups in total. The van der Waals surface area contributed by atoms with E-state index < -0.39 is 12.1 Å². The van der Waals surface area contributed by atoms with Gasteiger partial charge in [0.15, 0.2) is 0 Å². The Morgan fingerprint density at radius 2 is 1.83 bits per heavy atom. The topological polar surface area (TPSA) is 52.3 Å². The maximum absolute atomic E-state index is 11.9. The van der Waals surface area contributed by atoms with E-state index in [0.29, 0.717) is 12.1 Å². The van der Waals surface area contributed by atoms with Gasteiger partial charge in [-0.3, -0.25) is 0 Å². The molecule has 2 aromatic rings. The van der Waals surface area contributed by atoms with E-state index in [1.807, 2.05) is 66.7 Å². The molecule has 0 aliphatic carbocycles. The molecular weight excluding hydrogens is 286 g/mol. The Bertz CT molecular complexity index is 687. The molecule has 0 aliphatic rings. The van der Waals surface area contributed by atoms with Crippen molar-refractivity contribution < 1.29 is 9.53 Å². The molecule has 0 saturated carbocycles. The molecule has 0 amide bonds. The molecule has 118 valence electrons. The quantitative estimate of drug-likeness (QED) is 0.648. The first-order valence-corrected chi connectivity index (χ1v) is 7.49. The molecule has 0 heterocycles. The van der Waals surface area contributed by atoms with Gasteiger partial charge >= 0.3 is 5.97 Å². The number of ether oxygens (including phenoxy) is 1. The van der Waals surface area contributed by atoms with Gasteiger partial charge in [0, 0.05) is 12.1 Å². The zero-order chi connectivity index (χ0) is 16.7. The van der Waals surface area contributed by atoms with Crippen molar-refractivity contribution in [3.63, 3.8) is 0 Å². The van der Waals surface area contributed by atoms with Crippen molar-refractivity contribution in [1.29, 1.82) is 0 Å². The highest BCUT2D eigenvalue weighted by molar-refractivity contribution is 5.87. The molecule has 0 bridgehead atoms. The van der Waals surface area contributed by atoms with Crippen LogP contribution in [0.3, 0.4) is 0 Å². The van der Waals surface area contributed by atoms with Gasteiger partial charge in [0.25, 0.3) is 0 Å². The predicted octanol–water partition coefficient (Wildman–Crippen LogP) is 4.02. The molecule has 0 saturated heterocycles. The Morgan fingerprint density at radius 3 is 2.39 bits per heavy atom. The molecule has 1 unspecified atom stereocenters. The first-order valence-electron chi connectivity index (χ1n) is 7.49. The highest BCUT2D eigenvalue weighted by Crippen LogP contribution is 2.22. The van der Waals surface area contributed by atoms with Crippen LogP contribution in [0.15, 0.2) is 72.8 Å². The molecule has 3 nitrogen and oxygen atoms in total. The molecule has 2 rings (SSSR count). The predicted molar refractivity (Wildman–Crippen MR) is 93.5 cm³/mol. The highest BCUT2D eigenvalue weighted by atomic mass is 16.5. The number of hydrogen-bond donors (Lipinski definition) is 1. The molecule has 0 spiro atoms. The Labute approximate surface area is 137 Å². The zero-order valence-corrected chi connectivity index (χ0v) is 13.2. The number of carbonyl (C=O) groups excluding carboxylic acids is 1. The summed E-state index contributed by atoms with van der Waals surface area (Å²) in [6.07, 6.45) is 3.34. The minimum atomic E-state index is -0.466. The fourth-order valence-electron chi connectivity index (χ4n) is 2.04. The summed E-state index contributed by atoms with van der Waals surface area (Å²) in [5.41, 5.74) is 8.97. The number of esters is 1. The van der Waals surface area contributed by atoms with E-state index in [2.05, 4.69) is 6.58 Å². The van der Waals surface area contributed by atoms with Gasteiger partial charge in [-0.1, -0.05) is 67.3 Å². The minimum Gasteiger partial charge on any atom is -0.450 e. The molecule has 0 aliphatic heterocycles. The smallest absolute Gasteiger partial charge is 0.334 e. The second-order valence-corrected chi connectivity index (χ2v) is 5.32. The molecule has 0 radical (unpaired) electrons. The van der Waals surface area contributed by atoms with Crippen LogP contribution in [0.2, 0.25) is 0 Å². The molecular formula is C20H21NO2. The van der Waals surface area contributed by atoms with E-state index in [1.54, 1.807) is 6.92 Å². The maximum Gasteiger partial charge on any atom is 0.334 e. The van der Waals surface area contributed by atoms with E-state index in [9.17, 15) is 4.79 Å². The third kappa shape index (κ3) is 4.94. The average Bonchev–Trinajstić information content (AvgIpc) is 2.59. The normalized spacial score (nSPS) is 12.1. The Balaban J connectivity index is 2.25. The van der Waals surface area contributed by atoms with E-state index in [4.69, 9.17) is 10.5 Å². The number of hydrogen-bond acceptors (Lipinski definition) is 3. The van der Waals surface area contributed by atoms with E-state index >= 15 is 0 Å². The maximum atomic E-state index is 11.9. The van der Waals surface area contributed by atoms with Crippen LogP contribution in [0.25, 0.3) is 6.08 Å². The number of rotatable bonds is 6. The van der Waals surface area contributed by atoms with Crippen molar-refractivity contribution in [3.8, 4) is 0 Å². The van der Waals surface area contributed by atoms with Crippen molar-refractivity contribution in [2.45, 2.75) is 19.6 Å². The number of nitrogens with two attached hydrogens (primary N) is 1. The van der Waals surface area contributed by atoms with Gasteiger partial charge < -0.3 is 10.5 Å². The van der Waals surface area contributed by atoms with Crippen LogP contribution in [0.4, 0.5) is 0 Å². The van der Waals surface area contributed by atoms with Gasteiger partial charge in [0.1, 0.15) is 6.10 Å². The number of benzene rings is 2. The number of carbonyl (C=O) groups is 1. The minimum absolute atomic E-state index is 0.377. The molecule has 23 heavy (non-hydrogen) atoms. The van der Waals surface area contributed by atoms with Gasteiger partial charge in [-0.15, -0.1) is 0 Å². The first kappa shape index (κ1) is 16.7. The molecule has 3 heteroatoms. The monoisotopic (exact) mass is 307 g/mol. The van der Waals surface area contributed by atoms with E-state index in [-0.39, 0.29) is 0 Å². The standard InChI is InChI=1S/C20H21NO2/c1-15(2)20(22)23-19(13-10-16-6-4-3-5-7-16)18-11-8-17(14-21)9-12-18/h3-13,19H,1,14,21H2,2H3. The summed E-state index contributed by atoms with van der Waals surface area (Å²) in [4.78, 5) is 11.9. The average molecular weight is 307 g/mol. The van der Waals surface area contributed by atoms with Crippen LogP contribution in [0.5, 0.6) is 0 Å². The lowest BCUT2D eigenvalue weighted by molar-refractivity contribution is -0.142. The van der Waals surface area contributed by atoms with Crippen molar-refractivity contribution in [2.24, 2.45) is 5.73 Å². The molecule has 1 atom stereocenters. The van der Waals surface area contributed by atoms with Gasteiger partial charge in [-0.2, -0.15) is 0 Å². The SMILES string of the molecule is C=C(C)C(=O)OC(C=Cc1ccccc1)c1ccc(CN)cc1. The van der Waals surface area contributed by atoms with E-state index in [0.717, 1.165) is 16.7 Å². The molecule has 2 aromatic carbocycles. The van der Waals surface area contributed by atoms with Crippen LogP contribution in [-0.2, 0) is 16.1 Å². The third-order valence-electron chi connectivity index (χ3n) is 3.39.